The maximum Gasteiger partial charge on any atom is 0.228 e. The molecule has 1 saturated heterocycles. The molecule has 1 aromatic rings. The number of carbonyl (C=O) groups is 2. The van der Waals surface area contributed by atoms with Crippen molar-refractivity contribution in [1.29, 1.82) is 0 Å². The van der Waals surface area contributed by atoms with E-state index >= 15 is 0 Å². The van der Waals surface area contributed by atoms with Gasteiger partial charge in [-0.25, -0.2) is 0 Å². The van der Waals surface area contributed by atoms with Crippen molar-refractivity contribution >= 4 is 47.2 Å². The first-order valence-electron chi connectivity index (χ1n) is 6.65. The summed E-state index contributed by atoms with van der Waals surface area (Å²) in [6, 6.07) is 4.99. The second-order valence-corrected chi connectivity index (χ2v) is 5.34. The van der Waals surface area contributed by atoms with Crippen molar-refractivity contribution < 1.29 is 9.59 Å². The molecule has 1 aliphatic heterocycles. The zero-order chi connectivity index (χ0) is 14.5. The topological polar surface area (TPSA) is 70.2 Å². The summed E-state index contributed by atoms with van der Waals surface area (Å²) in [7, 11) is 0. The van der Waals surface area contributed by atoms with Gasteiger partial charge in [-0.05, 0) is 37.6 Å². The van der Waals surface area contributed by atoms with Crippen molar-refractivity contribution in [1.82, 2.24) is 5.32 Å². The Kier molecular flexibility index (Phi) is 6.95. The highest BCUT2D eigenvalue weighted by Crippen LogP contribution is 2.26. The number of carbonyl (C=O) groups excluding carboxylic acids is 2. The molecule has 0 radical (unpaired) electrons. The van der Waals surface area contributed by atoms with Crippen LogP contribution >= 0.6 is 24.0 Å². The minimum atomic E-state index is -0.192. The third-order valence-corrected chi connectivity index (χ3v) is 3.45. The molecule has 1 heterocycles. The van der Waals surface area contributed by atoms with Crippen molar-refractivity contribution in [2.45, 2.75) is 19.8 Å². The fraction of sp³-hybridized carbons (Fsp3) is 0.429. The number of nitrogens with one attached hydrogen (secondary N) is 3. The lowest BCUT2D eigenvalue weighted by Gasteiger charge is -2.22. The number of anilines is 2. The van der Waals surface area contributed by atoms with Crippen LogP contribution in [0.15, 0.2) is 18.2 Å². The van der Waals surface area contributed by atoms with Gasteiger partial charge in [0.1, 0.15) is 0 Å². The van der Waals surface area contributed by atoms with E-state index in [1.54, 1.807) is 18.2 Å². The van der Waals surface area contributed by atoms with Crippen LogP contribution in [0, 0.1) is 5.92 Å². The Morgan fingerprint density at radius 1 is 1.29 bits per heavy atom. The van der Waals surface area contributed by atoms with Crippen molar-refractivity contribution in [3.8, 4) is 0 Å². The van der Waals surface area contributed by atoms with Gasteiger partial charge in [0.2, 0.25) is 11.8 Å². The van der Waals surface area contributed by atoms with Crippen LogP contribution in [0.25, 0.3) is 0 Å². The Morgan fingerprint density at radius 2 is 2.05 bits per heavy atom. The van der Waals surface area contributed by atoms with E-state index < -0.39 is 0 Å². The number of amides is 2. The Morgan fingerprint density at radius 3 is 2.67 bits per heavy atom. The zero-order valence-electron chi connectivity index (χ0n) is 11.7. The maximum atomic E-state index is 12.2. The molecule has 116 valence electrons. The van der Waals surface area contributed by atoms with E-state index in [2.05, 4.69) is 16.0 Å². The molecule has 3 N–H and O–H groups in total. The van der Waals surface area contributed by atoms with Crippen LogP contribution < -0.4 is 16.0 Å². The first kappa shape index (κ1) is 17.8. The number of piperidine rings is 1. The fourth-order valence-electron chi connectivity index (χ4n) is 2.23. The largest absolute Gasteiger partial charge is 0.325 e. The molecular weight excluding hydrogens is 313 g/mol. The molecule has 0 bridgehead atoms. The molecule has 1 unspecified atom stereocenters. The molecule has 1 aliphatic rings. The average Bonchev–Trinajstić information content (AvgIpc) is 2.42. The molecule has 7 heteroatoms. The zero-order valence-corrected chi connectivity index (χ0v) is 13.3. The Balaban J connectivity index is 0.00000220. The molecular formula is C14H19Cl2N3O2. The molecule has 0 saturated carbocycles. The summed E-state index contributed by atoms with van der Waals surface area (Å²) in [6.07, 6.45) is 1.86. The van der Waals surface area contributed by atoms with E-state index in [1.165, 1.54) is 6.92 Å². The van der Waals surface area contributed by atoms with E-state index in [0.29, 0.717) is 22.9 Å². The molecule has 21 heavy (non-hydrogen) atoms. The van der Waals surface area contributed by atoms with Crippen LogP contribution in [0.2, 0.25) is 5.02 Å². The van der Waals surface area contributed by atoms with Crippen molar-refractivity contribution in [2.75, 3.05) is 23.7 Å². The summed E-state index contributed by atoms with van der Waals surface area (Å²) in [5.74, 6) is -0.291. The third-order valence-electron chi connectivity index (χ3n) is 3.22. The number of halogens is 2. The van der Waals surface area contributed by atoms with Crippen LogP contribution in [0.1, 0.15) is 19.8 Å². The minimum Gasteiger partial charge on any atom is -0.325 e. The SMILES string of the molecule is CC(=O)Nc1ccc(Cl)cc1NC(=O)C1CCCNC1.Cl. The van der Waals surface area contributed by atoms with E-state index in [4.69, 9.17) is 11.6 Å². The predicted octanol–water partition coefficient (Wildman–Crippen LogP) is 2.66. The van der Waals surface area contributed by atoms with E-state index in [9.17, 15) is 9.59 Å². The quantitative estimate of drug-likeness (QED) is 0.797. The molecule has 0 aromatic heterocycles. The third kappa shape index (κ3) is 5.19. The van der Waals surface area contributed by atoms with Crippen LogP contribution in [0.4, 0.5) is 11.4 Å². The van der Waals surface area contributed by atoms with Gasteiger partial charge in [-0.1, -0.05) is 11.6 Å². The number of rotatable bonds is 3. The number of hydrogen-bond acceptors (Lipinski definition) is 3. The van der Waals surface area contributed by atoms with Gasteiger partial charge in [0.15, 0.2) is 0 Å². The van der Waals surface area contributed by atoms with Gasteiger partial charge in [0.05, 0.1) is 17.3 Å². The lowest BCUT2D eigenvalue weighted by molar-refractivity contribution is -0.120. The van der Waals surface area contributed by atoms with Gasteiger partial charge in [-0.3, -0.25) is 9.59 Å². The second kappa shape index (κ2) is 8.22. The smallest absolute Gasteiger partial charge is 0.228 e. The van der Waals surface area contributed by atoms with Crippen molar-refractivity contribution in [2.24, 2.45) is 5.92 Å². The van der Waals surface area contributed by atoms with Crippen molar-refractivity contribution in [3.05, 3.63) is 23.2 Å². The first-order chi connectivity index (χ1) is 9.56. The molecule has 5 nitrogen and oxygen atoms in total. The Hall–Kier alpha value is -1.30. The maximum absolute atomic E-state index is 12.2. The Bertz CT molecular complexity index is 517. The number of benzene rings is 1. The highest BCUT2D eigenvalue weighted by atomic mass is 35.5. The standard InChI is InChI=1S/C14H18ClN3O2.ClH/c1-9(19)17-12-5-4-11(15)7-13(12)18-14(20)10-3-2-6-16-8-10;/h4-5,7,10,16H,2-3,6,8H2,1H3,(H,17,19)(H,18,20);1H. The van der Waals surface area contributed by atoms with Crippen LogP contribution in [-0.4, -0.2) is 24.9 Å². The van der Waals surface area contributed by atoms with Gasteiger partial charge >= 0.3 is 0 Å². The van der Waals surface area contributed by atoms with Crippen LogP contribution in [0.5, 0.6) is 0 Å². The lowest BCUT2D eigenvalue weighted by atomic mass is 9.99. The second-order valence-electron chi connectivity index (χ2n) is 4.90. The van der Waals surface area contributed by atoms with Gasteiger partial charge in [-0.2, -0.15) is 0 Å². The number of hydrogen-bond donors (Lipinski definition) is 3. The van der Waals surface area contributed by atoms with Gasteiger partial charge in [0.25, 0.3) is 0 Å². The van der Waals surface area contributed by atoms with Crippen LogP contribution in [0.3, 0.4) is 0 Å². The first-order valence-corrected chi connectivity index (χ1v) is 7.03. The molecule has 0 spiro atoms. The van der Waals surface area contributed by atoms with Gasteiger partial charge < -0.3 is 16.0 Å². The van der Waals surface area contributed by atoms with E-state index in [0.717, 1.165) is 19.4 Å². The van der Waals surface area contributed by atoms with Gasteiger partial charge in [0, 0.05) is 18.5 Å². The van der Waals surface area contributed by atoms with E-state index in [1.807, 2.05) is 0 Å². The highest BCUT2D eigenvalue weighted by molar-refractivity contribution is 6.31. The highest BCUT2D eigenvalue weighted by Gasteiger charge is 2.21. The normalized spacial score (nSPS) is 17.5. The summed E-state index contributed by atoms with van der Waals surface area (Å²) in [6.45, 7) is 3.06. The van der Waals surface area contributed by atoms with Crippen molar-refractivity contribution in [3.63, 3.8) is 0 Å². The monoisotopic (exact) mass is 331 g/mol. The summed E-state index contributed by atoms with van der Waals surface area (Å²) >= 11 is 5.95. The van der Waals surface area contributed by atoms with E-state index in [-0.39, 0.29) is 30.1 Å². The van der Waals surface area contributed by atoms with Gasteiger partial charge in [-0.15, -0.1) is 12.4 Å². The van der Waals surface area contributed by atoms with Crippen LogP contribution in [-0.2, 0) is 9.59 Å². The molecule has 2 rings (SSSR count). The fourth-order valence-corrected chi connectivity index (χ4v) is 2.40. The molecule has 1 atom stereocenters. The summed E-state index contributed by atoms with van der Waals surface area (Å²) in [4.78, 5) is 23.4. The average molecular weight is 332 g/mol. The summed E-state index contributed by atoms with van der Waals surface area (Å²) in [5.41, 5.74) is 1.09. The lowest BCUT2D eigenvalue weighted by Crippen LogP contribution is -2.37. The summed E-state index contributed by atoms with van der Waals surface area (Å²) in [5, 5.41) is 9.24. The molecule has 2 amide bonds. The molecule has 1 fully saturated rings. The molecule has 1 aromatic carbocycles. The summed E-state index contributed by atoms with van der Waals surface area (Å²) < 4.78 is 0. The predicted molar refractivity (Wildman–Crippen MR) is 87.2 cm³/mol. The molecule has 0 aliphatic carbocycles. The minimum absolute atomic E-state index is 0. The Labute approximate surface area is 135 Å².